The summed E-state index contributed by atoms with van der Waals surface area (Å²) in [5.41, 5.74) is 1.58. The summed E-state index contributed by atoms with van der Waals surface area (Å²) < 4.78 is 5.84. The van der Waals surface area contributed by atoms with Gasteiger partial charge in [-0.15, -0.1) is 0 Å². The molecule has 4 amide bonds. The Balaban J connectivity index is 2.12. The summed E-state index contributed by atoms with van der Waals surface area (Å²) in [6.45, 7) is 11.3. The van der Waals surface area contributed by atoms with Gasteiger partial charge in [-0.05, 0) is 41.7 Å². The molecule has 10 heteroatoms. The van der Waals surface area contributed by atoms with Crippen molar-refractivity contribution in [2.24, 2.45) is 17.8 Å². The average Bonchev–Trinajstić information content (AvgIpc) is 3.00. The maximum atomic E-state index is 14.0. The van der Waals surface area contributed by atoms with Crippen molar-refractivity contribution >= 4 is 29.6 Å². The first-order chi connectivity index (χ1) is 21.8. The van der Waals surface area contributed by atoms with E-state index >= 15 is 0 Å². The fourth-order valence-electron chi connectivity index (χ4n) is 5.52. The van der Waals surface area contributed by atoms with E-state index in [1.54, 1.807) is 20.9 Å². The lowest BCUT2D eigenvalue weighted by Gasteiger charge is -2.34. The van der Waals surface area contributed by atoms with E-state index in [0.717, 1.165) is 11.1 Å². The van der Waals surface area contributed by atoms with Crippen LogP contribution < -0.4 is 16.0 Å². The minimum absolute atomic E-state index is 0.0174. The van der Waals surface area contributed by atoms with Gasteiger partial charge in [0.05, 0.1) is 0 Å². The molecule has 0 unspecified atom stereocenters. The molecule has 46 heavy (non-hydrogen) atoms. The third kappa shape index (κ3) is 10.4. The number of amides is 4. The molecule has 10 nitrogen and oxygen atoms in total. The molecule has 0 aromatic heterocycles. The minimum atomic E-state index is -1.20. The smallest absolute Gasteiger partial charge is 0.329 e. The highest BCUT2D eigenvalue weighted by atomic mass is 16.5. The zero-order valence-electron chi connectivity index (χ0n) is 28.1. The van der Waals surface area contributed by atoms with Gasteiger partial charge in [-0.3, -0.25) is 19.2 Å². The van der Waals surface area contributed by atoms with Crippen LogP contribution in [0.5, 0.6) is 0 Å². The van der Waals surface area contributed by atoms with Crippen molar-refractivity contribution in [1.29, 1.82) is 0 Å². The molecule has 1 aliphatic heterocycles. The normalized spacial score (nSPS) is 23.8. The Labute approximate surface area is 273 Å². The summed E-state index contributed by atoms with van der Waals surface area (Å²) in [6, 6.07) is 14.3. The Bertz CT molecular complexity index is 1330. The SMILES string of the molecule is CC(C)C[C@@H]1OC(=O)[C@H](Cc2ccccc2)NC(=O)[C@H](Cc2ccccc2)NC(=O)[C@H](CC(C)C)N(C)C(=O)[C@H](C(C)C)NC1=O. The highest BCUT2D eigenvalue weighted by Gasteiger charge is 2.39. The van der Waals surface area contributed by atoms with Crippen LogP contribution in [0.3, 0.4) is 0 Å². The average molecular weight is 635 g/mol. The van der Waals surface area contributed by atoms with Crippen molar-refractivity contribution in [2.75, 3.05) is 7.05 Å². The zero-order valence-corrected chi connectivity index (χ0v) is 28.1. The number of nitrogens with zero attached hydrogens (tertiary/aromatic N) is 1. The lowest BCUT2D eigenvalue weighted by molar-refractivity contribution is -0.160. The number of hydrogen-bond acceptors (Lipinski definition) is 6. The number of cyclic esters (lactones) is 1. The molecular weight excluding hydrogens is 584 g/mol. The second-order valence-corrected chi connectivity index (χ2v) is 13.4. The summed E-state index contributed by atoms with van der Waals surface area (Å²) in [5, 5.41) is 8.54. The molecule has 2 aromatic rings. The molecule has 3 rings (SSSR count). The molecule has 0 spiro atoms. The first kappa shape index (κ1) is 36.3. The first-order valence-electron chi connectivity index (χ1n) is 16.2. The molecule has 250 valence electrons. The van der Waals surface area contributed by atoms with Gasteiger partial charge in [-0.25, -0.2) is 4.79 Å². The summed E-state index contributed by atoms with van der Waals surface area (Å²) in [7, 11) is 1.54. The second kappa shape index (κ2) is 16.9. The largest absolute Gasteiger partial charge is 0.451 e. The standard InChI is InChI=1S/C36H50N4O6/c1-22(2)18-29-33(42)37-27(20-25-14-10-8-11-15-25)32(41)38-28(21-26-16-12-9-13-17-26)36(45)46-30(19-23(3)4)34(43)39-31(24(5)6)35(44)40(29)7/h8-17,22-24,27-31H,18-21H2,1-7H3,(H,37,42)(H,38,41)(H,39,43)/t27-,28-,29-,30-,31-/m0/s1. The predicted octanol–water partition coefficient (Wildman–Crippen LogP) is 3.43. The number of rotatable bonds is 9. The molecule has 1 aliphatic rings. The van der Waals surface area contributed by atoms with Crippen molar-refractivity contribution in [1.82, 2.24) is 20.9 Å². The predicted molar refractivity (Wildman–Crippen MR) is 176 cm³/mol. The van der Waals surface area contributed by atoms with Crippen LogP contribution in [0.25, 0.3) is 0 Å². The topological polar surface area (TPSA) is 134 Å². The molecule has 1 heterocycles. The molecule has 0 radical (unpaired) electrons. The van der Waals surface area contributed by atoms with Crippen molar-refractivity contribution in [3.05, 3.63) is 71.8 Å². The van der Waals surface area contributed by atoms with E-state index in [4.69, 9.17) is 4.74 Å². The van der Waals surface area contributed by atoms with E-state index in [2.05, 4.69) is 16.0 Å². The Kier molecular flexibility index (Phi) is 13.3. The first-order valence-corrected chi connectivity index (χ1v) is 16.2. The molecule has 0 saturated carbocycles. The van der Waals surface area contributed by atoms with Gasteiger partial charge in [0.2, 0.25) is 17.7 Å². The van der Waals surface area contributed by atoms with Crippen LogP contribution in [-0.2, 0) is 41.6 Å². The van der Waals surface area contributed by atoms with Crippen LogP contribution in [0.15, 0.2) is 60.7 Å². The van der Waals surface area contributed by atoms with Gasteiger partial charge in [0, 0.05) is 19.9 Å². The van der Waals surface area contributed by atoms with Crippen LogP contribution in [0, 0.1) is 17.8 Å². The maximum absolute atomic E-state index is 14.0. The summed E-state index contributed by atoms with van der Waals surface area (Å²) in [6.07, 6.45) is -0.383. The fourth-order valence-corrected chi connectivity index (χ4v) is 5.52. The number of carbonyl (C=O) groups excluding carboxylic acids is 5. The number of benzene rings is 2. The highest BCUT2D eigenvalue weighted by molar-refractivity contribution is 5.96. The molecule has 0 aliphatic carbocycles. The fraction of sp³-hybridized carbons (Fsp3) is 0.528. The van der Waals surface area contributed by atoms with Gasteiger partial charge in [-0.1, -0.05) is 102 Å². The quantitative estimate of drug-likeness (QED) is 0.362. The van der Waals surface area contributed by atoms with Crippen LogP contribution in [-0.4, -0.2) is 71.8 Å². The Hall–Kier alpha value is -4.21. The molecule has 5 atom stereocenters. The molecule has 1 saturated heterocycles. The summed E-state index contributed by atoms with van der Waals surface area (Å²) in [4.78, 5) is 70.7. The monoisotopic (exact) mass is 634 g/mol. The van der Waals surface area contributed by atoms with E-state index < -0.39 is 59.9 Å². The van der Waals surface area contributed by atoms with Crippen molar-refractivity contribution < 1.29 is 28.7 Å². The van der Waals surface area contributed by atoms with Crippen LogP contribution in [0.1, 0.15) is 65.5 Å². The molecule has 0 bridgehead atoms. The number of likely N-dealkylation sites (N-methyl/N-ethyl adjacent to an activating group) is 1. The van der Waals surface area contributed by atoms with E-state index in [1.807, 2.05) is 88.4 Å². The van der Waals surface area contributed by atoms with Crippen LogP contribution in [0.2, 0.25) is 0 Å². The summed E-state index contributed by atoms with van der Waals surface area (Å²) in [5.74, 6) is -3.20. The van der Waals surface area contributed by atoms with Crippen molar-refractivity contribution in [3.63, 3.8) is 0 Å². The Morgan fingerprint density at radius 3 is 1.65 bits per heavy atom. The van der Waals surface area contributed by atoms with Gasteiger partial charge in [0.25, 0.3) is 5.91 Å². The third-order valence-electron chi connectivity index (χ3n) is 8.08. The Morgan fingerprint density at radius 2 is 1.15 bits per heavy atom. The molecule has 1 fully saturated rings. The number of nitrogens with one attached hydrogen (secondary N) is 3. The van der Waals surface area contributed by atoms with Crippen molar-refractivity contribution in [3.8, 4) is 0 Å². The number of hydrogen-bond donors (Lipinski definition) is 3. The number of esters is 1. The molecule has 3 N–H and O–H groups in total. The maximum Gasteiger partial charge on any atom is 0.329 e. The Morgan fingerprint density at radius 1 is 0.652 bits per heavy atom. The minimum Gasteiger partial charge on any atom is -0.451 e. The van der Waals surface area contributed by atoms with Gasteiger partial charge < -0.3 is 25.6 Å². The lowest BCUT2D eigenvalue weighted by atomic mass is 9.97. The van der Waals surface area contributed by atoms with E-state index in [9.17, 15) is 24.0 Å². The molecular formula is C36H50N4O6. The van der Waals surface area contributed by atoms with Gasteiger partial charge in [0.1, 0.15) is 24.2 Å². The zero-order chi connectivity index (χ0) is 34.0. The molecule has 2 aromatic carbocycles. The van der Waals surface area contributed by atoms with Gasteiger partial charge in [-0.2, -0.15) is 0 Å². The van der Waals surface area contributed by atoms with Gasteiger partial charge in [0.15, 0.2) is 6.10 Å². The highest BCUT2D eigenvalue weighted by Crippen LogP contribution is 2.18. The second-order valence-electron chi connectivity index (χ2n) is 13.4. The van der Waals surface area contributed by atoms with Gasteiger partial charge >= 0.3 is 5.97 Å². The van der Waals surface area contributed by atoms with E-state index in [0.29, 0.717) is 6.42 Å². The number of carbonyl (C=O) groups is 5. The van der Waals surface area contributed by atoms with Crippen LogP contribution in [0.4, 0.5) is 0 Å². The van der Waals surface area contributed by atoms with E-state index in [1.165, 1.54) is 4.90 Å². The van der Waals surface area contributed by atoms with E-state index in [-0.39, 0.29) is 37.0 Å². The van der Waals surface area contributed by atoms with Crippen LogP contribution >= 0.6 is 0 Å². The third-order valence-corrected chi connectivity index (χ3v) is 8.08. The van der Waals surface area contributed by atoms with Crippen molar-refractivity contribution in [2.45, 2.75) is 97.5 Å². The summed E-state index contributed by atoms with van der Waals surface area (Å²) >= 11 is 0. The lowest BCUT2D eigenvalue weighted by Crippen LogP contribution is -2.59. The number of ether oxygens (including phenoxy) is 1.